The Kier molecular flexibility index (Phi) is 7.20. The first-order chi connectivity index (χ1) is 14.2. The van der Waals surface area contributed by atoms with E-state index in [2.05, 4.69) is 11.8 Å². The van der Waals surface area contributed by atoms with Crippen LogP contribution in [0.2, 0.25) is 0 Å². The number of benzene rings is 2. The van der Waals surface area contributed by atoms with Gasteiger partial charge >= 0.3 is 5.97 Å². The molecule has 0 fully saturated rings. The van der Waals surface area contributed by atoms with Crippen LogP contribution in [-0.2, 0) is 14.4 Å². The Balaban J connectivity index is 2.64. The molecule has 2 rings (SSSR count). The van der Waals surface area contributed by atoms with E-state index in [1.165, 1.54) is 24.3 Å². The molecule has 8 nitrogen and oxygen atoms in total. The molecule has 0 amide bonds. The van der Waals surface area contributed by atoms with Crippen LogP contribution >= 0.6 is 0 Å². The number of carbonyl (C=O) groups is 3. The lowest BCUT2D eigenvalue weighted by Gasteiger charge is -2.31. The number of aliphatic carboxylic acids is 1. The van der Waals surface area contributed by atoms with Crippen LogP contribution in [0.5, 0.6) is 0 Å². The molecule has 0 heterocycles. The topological polar surface area (TPSA) is 173 Å². The van der Waals surface area contributed by atoms with Crippen molar-refractivity contribution in [1.82, 2.24) is 0 Å². The van der Waals surface area contributed by atoms with E-state index in [1.54, 1.807) is 30.3 Å². The van der Waals surface area contributed by atoms with Gasteiger partial charge in [0.05, 0.1) is 12.0 Å². The van der Waals surface area contributed by atoms with Crippen molar-refractivity contribution in [2.24, 2.45) is 17.2 Å². The molecule has 0 aliphatic heterocycles. The second kappa shape index (κ2) is 9.60. The zero-order chi connectivity index (χ0) is 22.3. The summed E-state index contributed by atoms with van der Waals surface area (Å²) in [6.07, 6.45) is 0.0598. The van der Waals surface area contributed by atoms with Gasteiger partial charge in [-0.3, -0.25) is 10.2 Å². The van der Waals surface area contributed by atoms with E-state index in [4.69, 9.17) is 22.6 Å². The van der Waals surface area contributed by atoms with E-state index < -0.39 is 29.3 Å². The SMILES string of the molecule is N=C(N)c1ccc(C(C#Cc2ccccc2)C(N)(C(=O)O)C(=O)C(N)CC=O)cc1. The van der Waals surface area contributed by atoms with Gasteiger partial charge in [0.15, 0.2) is 11.3 Å². The second-order valence-electron chi connectivity index (χ2n) is 6.65. The molecule has 2 aromatic rings. The van der Waals surface area contributed by atoms with E-state index >= 15 is 0 Å². The number of ketones is 1. The maximum Gasteiger partial charge on any atom is 0.333 e. The molecule has 0 spiro atoms. The van der Waals surface area contributed by atoms with Crippen molar-refractivity contribution in [1.29, 1.82) is 5.41 Å². The van der Waals surface area contributed by atoms with Gasteiger partial charge in [0.2, 0.25) is 0 Å². The molecule has 154 valence electrons. The number of nitrogens with two attached hydrogens (primary N) is 3. The molecule has 0 aromatic heterocycles. The highest BCUT2D eigenvalue weighted by molar-refractivity contribution is 6.12. The molecule has 0 aliphatic rings. The summed E-state index contributed by atoms with van der Waals surface area (Å²) in [6.45, 7) is 0. The zero-order valence-corrected chi connectivity index (χ0v) is 16.0. The summed E-state index contributed by atoms with van der Waals surface area (Å²) in [7, 11) is 0. The van der Waals surface area contributed by atoms with Gasteiger partial charge < -0.3 is 27.1 Å². The van der Waals surface area contributed by atoms with Crippen LogP contribution in [0.1, 0.15) is 29.0 Å². The first kappa shape index (κ1) is 22.5. The molecule has 2 aromatic carbocycles. The minimum atomic E-state index is -2.50. The largest absolute Gasteiger partial charge is 0.479 e. The maximum absolute atomic E-state index is 12.9. The summed E-state index contributed by atoms with van der Waals surface area (Å²) in [5, 5.41) is 17.4. The minimum Gasteiger partial charge on any atom is -0.479 e. The lowest BCUT2D eigenvalue weighted by Crippen LogP contribution is -2.63. The van der Waals surface area contributed by atoms with Crippen LogP contribution in [0, 0.1) is 17.3 Å². The monoisotopic (exact) mass is 406 g/mol. The number of Topliss-reactive ketones (excluding diaryl/α,β-unsaturated/α-hetero) is 1. The van der Waals surface area contributed by atoms with Crippen molar-refractivity contribution < 1.29 is 19.5 Å². The second-order valence-corrected chi connectivity index (χ2v) is 6.65. The lowest BCUT2D eigenvalue weighted by molar-refractivity contribution is -0.149. The van der Waals surface area contributed by atoms with Gasteiger partial charge in [0, 0.05) is 17.5 Å². The summed E-state index contributed by atoms with van der Waals surface area (Å²) in [4.78, 5) is 35.8. The Morgan fingerprint density at radius 1 is 1.13 bits per heavy atom. The highest BCUT2D eigenvalue weighted by atomic mass is 16.4. The lowest BCUT2D eigenvalue weighted by atomic mass is 9.74. The van der Waals surface area contributed by atoms with Crippen molar-refractivity contribution >= 4 is 23.9 Å². The summed E-state index contributed by atoms with van der Waals surface area (Å²) >= 11 is 0. The number of rotatable bonds is 8. The van der Waals surface area contributed by atoms with Gasteiger partial charge in [-0.05, 0) is 17.7 Å². The molecule has 0 bridgehead atoms. The average Bonchev–Trinajstić information content (AvgIpc) is 2.74. The standard InChI is InChI=1S/C22H22N4O4/c23-18(12-13-27)19(28)22(26,21(29)30)17(11-6-14-4-2-1-3-5-14)15-7-9-16(10-8-15)20(24)25/h1-5,7-10,13,17-18H,12,23,26H2,(H3,24,25)(H,29,30). The molecule has 0 saturated heterocycles. The van der Waals surface area contributed by atoms with Crippen LogP contribution in [0.3, 0.4) is 0 Å². The quantitative estimate of drug-likeness (QED) is 0.138. The summed E-state index contributed by atoms with van der Waals surface area (Å²) < 4.78 is 0. The molecule has 3 unspecified atom stereocenters. The number of hydrogen-bond donors (Lipinski definition) is 5. The molecular formula is C22H22N4O4. The minimum absolute atomic E-state index is 0.171. The highest BCUT2D eigenvalue weighted by Crippen LogP contribution is 2.29. The number of carboxylic acid groups (broad SMARTS) is 1. The van der Waals surface area contributed by atoms with Crippen molar-refractivity contribution in [3.8, 4) is 11.8 Å². The predicted molar refractivity (Wildman–Crippen MR) is 112 cm³/mol. The van der Waals surface area contributed by atoms with Crippen molar-refractivity contribution in [3.63, 3.8) is 0 Å². The number of carboxylic acids is 1. The summed E-state index contributed by atoms with van der Waals surface area (Å²) in [5.41, 5.74) is 16.2. The Morgan fingerprint density at radius 2 is 1.73 bits per heavy atom. The van der Waals surface area contributed by atoms with Gasteiger partial charge in [-0.1, -0.05) is 54.3 Å². The number of amidine groups is 1. The Labute approximate surface area is 173 Å². The van der Waals surface area contributed by atoms with Crippen LogP contribution < -0.4 is 17.2 Å². The van der Waals surface area contributed by atoms with E-state index in [0.29, 0.717) is 23.0 Å². The molecular weight excluding hydrogens is 384 g/mol. The fourth-order valence-corrected chi connectivity index (χ4v) is 2.88. The first-order valence-corrected chi connectivity index (χ1v) is 8.98. The number of hydrogen-bond acceptors (Lipinski definition) is 6. The maximum atomic E-state index is 12.9. The van der Waals surface area contributed by atoms with Crippen molar-refractivity contribution in [2.45, 2.75) is 23.9 Å². The van der Waals surface area contributed by atoms with Crippen molar-refractivity contribution in [2.75, 3.05) is 0 Å². The van der Waals surface area contributed by atoms with E-state index in [1.807, 2.05) is 0 Å². The van der Waals surface area contributed by atoms with Crippen LogP contribution in [0.15, 0.2) is 54.6 Å². The molecule has 30 heavy (non-hydrogen) atoms. The third-order valence-electron chi connectivity index (χ3n) is 4.59. The van der Waals surface area contributed by atoms with E-state index in [0.717, 1.165) is 0 Å². The van der Waals surface area contributed by atoms with Gasteiger partial charge in [0.1, 0.15) is 12.1 Å². The molecule has 3 atom stereocenters. The fraction of sp³-hybridized carbons (Fsp3) is 0.182. The van der Waals surface area contributed by atoms with Gasteiger partial charge in [0.25, 0.3) is 0 Å². The number of nitrogens with one attached hydrogen (secondary N) is 1. The summed E-state index contributed by atoms with van der Waals surface area (Å²) in [6, 6.07) is 13.4. The van der Waals surface area contributed by atoms with Gasteiger partial charge in [-0.15, -0.1) is 0 Å². The highest BCUT2D eigenvalue weighted by Gasteiger charge is 2.51. The normalized spacial score (nSPS) is 14.3. The Morgan fingerprint density at radius 3 is 2.23 bits per heavy atom. The fourth-order valence-electron chi connectivity index (χ4n) is 2.88. The van der Waals surface area contributed by atoms with Crippen LogP contribution in [0.25, 0.3) is 0 Å². The van der Waals surface area contributed by atoms with Gasteiger partial charge in [-0.2, -0.15) is 0 Å². The molecule has 8 heteroatoms. The third-order valence-corrected chi connectivity index (χ3v) is 4.59. The van der Waals surface area contributed by atoms with Crippen LogP contribution in [-0.4, -0.2) is 40.6 Å². The van der Waals surface area contributed by atoms with Gasteiger partial charge in [-0.25, -0.2) is 4.79 Å². The smallest absolute Gasteiger partial charge is 0.333 e. The summed E-state index contributed by atoms with van der Waals surface area (Å²) in [5.74, 6) is 1.57. The first-order valence-electron chi connectivity index (χ1n) is 8.98. The Hall–Kier alpha value is -3.80. The predicted octanol–water partition coefficient (Wildman–Crippen LogP) is 0.373. The third kappa shape index (κ3) is 4.78. The average molecular weight is 406 g/mol. The number of carbonyl (C=O) groups excluding carboxylic acids is 2. The van der Waals surface area contributed by atoms with Crippen LogP contribution in [0.4, 0.5) is 0 Å². The molecule has 8 N–H and O–H groups in total. The van der Waals surface area contributed by atoms with Crippen molar-refractivity contribution in [3.05, 3.63) is 71.3 Å². The van der Waals surface area contributed by atoms with E-state index in [-0.39, 0.29) is 12.3 Å². The molecule has 0 radical (unpaired) electrons. The number of aldehydes is 1. The zero-order valence-electron chi connectivity index (χ0n) is 16.0. The molecule has 0 saturated carbocycles. The molecule has 0 aliphatic carbocycles. The Bertz CT molecular complexity index is 1010. The number of nitrogen functional groups attached to an aromatic ring is 1. The van der Waals surface area contributed by atoms with E-state index in [9.17, 15) is 19.5 Å².